The molecule has 1 fully saturated rings. The first kappa shape index (κ1) is 9.90. The Hall–Kier alpha value is -1.29. The van der Waals surface area contributed by atoms with Gasteiger partial charge in [-0.3, -0.25) is 0 Å². The van der Waals surface area contributed by atoms with E-state index in [1.54, 1.807) is 6.07 Å². The number of benzene rings is 1. The van der Waals surface area contributed by atoms with E-state index in [1.807, 2.05) is 0 Å². The number of anilines is 1. The standard InChI is InChI=1S/C11H11ClFN3/c12-6-3-8(4-6)14-11-15-9-2-1-7(13)5-10(9)16-11/h1-2,5-6,8H,3-4H2,(H2,14,15,16). The van der Waals surface area contributed by atoms with Gasteiger partial charge >= 0.3 is 0 Å². The third-order valence-corrected chi connectivity index (χ3v) is 3.22. The second-order valence-electron chi connectivity index (χ2n) is 4.16. The molecular formula is C11H11ClFN3. The second-order valence-corrected chi connectivity index (χ2v) is 4.77. The molecule has 0 amide bonds. The zero-order chi connectivity index (χ0) is 11.1. The normalized spacial score (nSPS) is 24.4. The Balaban J connectivity index is 1.82. The van der Waals surface area contributed by atoms with Crippen LogP contribution in [0.15, 0.2) is 18.2 Å². The highest BCUT2D eigenvalue weighted by atomic mass is 35.5. The first-order valence-corrected chi connectivity index (χ1v) is 5.70. The molecule has 1 aromatic carbocycles. The number of hydrogen-bond donors (Lipinski definition) is 2. The molecule has 1 aliphatic carbocycles. The van der Waals surface area contributed by atoms with E-state index >= 15 is 0 Å². The van der Waals surface area contributed by atoms with E-state index in [-0.39, 0.29) is 11.2 Å². The molecule has 5 heteroatoms. The highest BCUT2D eigenvalue weighted by Gasteiger charge is 2.27. The van der Waals surface area contributed by atoms with Crippen LogP contribution >= 0.6 is 11.6 Å². The van der Waals surface area contributed by atoms with Crippen LogP contribution in [0.2, 0.25) is 0 Å². The van der Waals surface area contributed by atoms with Crippen molar-refractivity contribution in [3.8, 4) is 0 Å². The Morgan fingerprint density at radius 1 is 1.44 bits per heavy atom. The fourth-order valence-corrected chi connectivity index (χ4v) is 2.34. The Bertz CT molecular complexity index is 519. The minimum atomic E-state index is -0.257. The lowest BCUT2D eigenvalue weighted by molar-refractivity contribution is 0.452. The van der Waals surface area contributed by atoms with Gasteiger partial charge in [0.2, 0.25) is 5.95 Å². The zero-order valence-corrected chi connectivity index (χ0v) is 9.26. The number of H-pyrrole nitrogens is 1. The van der Waals surface area contributed by atoms with Gasteiger partial charge in [0.05, 0.1) is 11.0 Å². The average molecular weight is 240 g/mol. The van der Waals surface area contributed by atoms with Gasteiger partial charge < -0.3 is 10.3 Å². The highest BCUT2D eigenvalue weighted by molar-refractivity contribution is 6.21. The number of halogens is 2. The van der Waals surface area contributed by atoms with Gasteiger partial charge in [0.1, 0.15) is 5.82 Å². The van der Waals surface area contributed by atoms with Crippen LogP contribution in [0, 0.1) is 5.82 Å². The SMILES string of the molecule is Fc1ccc2nc(NC3CC(Cl)C3)[nH]c2c1. The lowest BCUT2D eigenvalue weighted by Crippen LogP contribution is -2.36. The maximum atomic E-state index is 13.0. The molecule has 0 saturated heterocycles. The van der Waals surface area contributed by atoms with Crippen molar-refractivity contribution < 1.29 is 4.39 Å². The number of aromatic amines is 1. The molecule has 3 nitrogen and oxygen atoms in total. The van der Waals surface area contributed by atoms with Crippen molar-refractivity contribution in [3.05, 3.63) is 24.0 Å². The third-order valence-electron chi connectivity index (χ3n) is 2.87. The summed E-state index contributed by atoms with van der Waals surface area (Å²) in [5.41, 5.74) is 1.48. The molecule has 0 aliphatic heterocycles. The van der Waals surface area contributed by atoms with Crippen LogP contribution in [0.5, 0.6) is 0 Å². The van der Waals surface area contributed by atoms with Gasteiger partial charge in [-0.15, -0.1) is 11.6 Å². The Labute approximate surface area is 97.0 Å². The topological polar surface area (TPSA) is 40.7 Å². The van der Waals surface area contributed by atoms with Gasteiger partial charge in [-0.25, -0.2) is 9.37 Å². The minimum absolute atomic E-state index is 0.257. The Morgan fingerprint density at radius 2 is 2.25 bits per heavy atom. The second kappa shape index (κ2) is 3.63. The Morgan fingerprint density at radius 3 is 3.00 bits per heavy atom. The molecule has 3 rings (SSSR count). The van der Waals surface area contributed by atoms with Crippen LogP contribution in [0.3, 0.4) is 0 Å². The molecule has 1 saturated carbocycles. The molecule has 16 heavy (non-hydrogen) atoms. The number of nitrogens with one attached hydrogen (secondary N) is 2. The molecule has 0 atom stereocenters. The summed E-state index contributed by atoms with van der Waals surface area (Å²) in [5.74, 6) is 0.432. The molecule has 2 N–H and O–H groups in total. The molecule has 84 valence electrons. The summed E-state index contributed by atoms with van der Waals surface area (Å²) in [6.07, 6.45) is 1.90. The number of hydrogen-bond acceptors (Lipinski definition) is 2. The fourth-order valence-electron chi connectivity index (χ4n) is 1.91. The molecular weight excluding hydrogens is 229 g/mol. The molecule has 1 aromatic heterocycles. The lowest BCUT2D eigenvalue weighted by atomic mass is 9.93. The van der Waals surface area contributed by atoms with Gasteiger partial charge in [-0.2, -0.15) is 0 Å². The summed E-state index contributed by atoms with van der Waals surface area (Å²) in [4.78, 5) is 7.37. The third kappa shape index (κ3) is 1.73. The quantitative estimate of drug-likeness (QED) is 0.792. The van der Waals surface area contributed by atoms with E-state index in [1.165, 1.54) is 12.1 Å². The van der Waals surface area contributed by atoms with Crippen molar-refractivity contribution in [2.75, 3.05) is 5.32 Å². The molecule has 0 radical (unpaired) electrons. The summed E-state index contributed by atoms with van der Waals surface area (Å²) in [6.45, 7) is 0. The van der Waals surface area contributed by atoms with Crippen LogP contribution in [-0.2, 0) is 0 Å². The van der Waals surface area contributed by atoms with Crippen molar-refractivity contribution >= 4 is 28.6 Å². The van der Waals surface area contributed by atoms with Gasteiger partial charge in [0.25, 0.3) is 0 Å². The van der Waals surface area contributed by atoms with E-state index in [0.717, 1.165) is 18.4 Å². The molecule has 0 bridgehead atoms. The van der Waals surface area contributed by atoms with E-state index in [9.17, 15) is 4.39 Å². The molecule has 0 unspecified atom stereocenters. The van der Waals surface area contributed by atoms with Crippen molar-refractivity contribution in [2.24, 2.45) is 0 Å². The number of nitrogens with zero attached hydrogens (tertiary/aromatic N) is 1. The molecule has 2 aromatic rings. The molecule has 0 spiro atoms. The van der Waals surface area contributed by atoms with Crippen LogP contribution < -0.4 is 5.32 Å². The van der Waals surface area contributed by atoms with Gasteiger partial charge in [-0.05, 0) is 31.0 Å². The van der Waals surface area contributed by atoms with E-state index in [4.69, 9.17) is 11.6 Å². The van der Waals surface area contributed by atoms with Gasteiger partial charge in [-0.1, -0.05) is 0 Å². The predicted molar refractivity (Wildman–Crippen MR) is 62.3 cm³/mol. The first-order chi connectivity index (χ1) is 7.70. The summed E-state index contributed by atoms with van der Waals surface area (Å²) in [6, 6.07) is 4.90. The van der Waals surface area contributed by atoms with Crippen molar-refractivity contribution in [3.63, 3.8) is 0 Å². The zero-order valence-electron chi connectivity index (χ0n) is 8.50. The van der Waals surface area contributed by atoms with Crippen LogP contribution in [-0.4, -0.2) is 21.4 Å². The first-order valence-electron chi connectivity index (χ1n) is 5.26. The van der Waals surface area contributed by atoms with Crippen molar-refractivity contribution in [1.29, 1.82) is 0 Å². The highest BCUT2D eigenvalue weighted by Crippen LogP contribution is 2.28. The number of fused-ring (bicyclic) bond motifs is 1. The van der Waals surface area contributed by atoms with Gasteiger partial charge in [0.15, 0.2) is 0 Å². The largest absolute Gasteiger partial charge is 0.353 e. The molecule has 1 heterocycles. The monoisotopic (exact) mass is 239 g/mol. The minimum Gasteiger partial charge on any atom is -0.353 e. The lowest BCUT2D eigenvalue weighted by Gasteiger charge is -2.31. The maximum absolute atomic E-state index is 13.0. The van der Waals surface area contributed by atoms with Crippen LogP contribution in [0.4, 0.5) is 10.3 Å². The van der Waals surface area contributed by atoms with E-state index < -0.39 is 0 Å². The fraction of sp³-hybridized carbons (Fsp3) is 0.364. The van der Waals surface area contributed by atoms with E-state index in [2.05, 4.69) is 15.3 Å². The number of aromatic nitrogens is 2. The Kier molecular flexibility index (Phi) is 2.24. The summed E-state index contributed by atoms with van der Waals surface area (Å²) >= 11 is 5.89. The van der Waals surface area contributed by atoms with Crippen LogP contribution in [0.1, 0.15) is 12.8 Å². The summed E-state index contributed by atoms with van der Waals surface area (Å²) in [7, 11) is 0. The maximum Gasteiger partial charge on any atom is 0.201 e. The van der Waals surface area contributed by atoms with E-state index in [0.29, 0.717) is 17.5 Å². The molecule has 1 aliphatic rings. The average Bonchev–Trinajstić information content (AvgIpc) is 2.57. The number of alkyl halides is 1. The smallest absolute Gasteiger partial charge is 0.201 e. The van der Waals surface area contributed by atoms with Crippen molar-refractivity contribution in [2.45, 2.75) is 24.3 Å². The number of rotatable bonds is 2. The summed E-state index contributed by atoms with van der Waals surface area (Å²) in [5, 5.41) is 3.52. The predicted octanol–water partition coefficient (Wildman–Crippen LogP) is 2.88. The summed E-state index contributed by atoms with van der Waals surface area (Å²) < 4.78 is 13.0. The number of imidazole rings is 1. The van der Waals surface area contributed by atoms with Crippen LogP contribution in [0.25, 0.3) is 11.0 Å². The van der Waals surface area contributed by atoms with Crippen molar-refractivity contribution in [1.82, 2.24) is 9.97 Å². The van der Waals surface area contributed by atoms with Gasteiger partial charge in [0, 0.05) is 11.4 Å².